The first-order valence-electron chi connectivity index (χ1n) is 5.85. The van der Waals surface area contributed by atoms with Gasteiger partial charge >= 0.3 is 0 Å². The molecule has 0 bridgehead atoms. The minimum absolute atomic E-state index is 0.571. The molecule has 0 N–H and O–H groups in total. The number of thioether (sulfide) groups is 1. The Morgan fingerprint density at radius 2 is 1.72 bits per heavy atom. The highest BCUT2D eigenvalue weighted by Crippen LogP contribution is 2.29. The molecule has 0 spiro atoms. The zero-order valence-electron chi connectivity index (χ0n) is 10.7. The number of piperazine rings is 1. The molecular weight excluding hydrogens is 268 g/mol. The van der Waals surface area contributed by atoms with Crippen LogP contribution in [0.25, 0.3) is 0 Å². The summed E-state index contributed by atoms with van der Waals surface area (Å²) in [6.45, 7) is 2.65. The quantitative estimate of drug-likeness (QED) is 0.789. The Labute approximate surface area is 113 Å². The summed E-state index contributed by atoms with van der Waals surface area (Å²) in [5.74, 6) is 0. The first-order chi connectivity index (χ1) is 8.52. The number of benzene rings is 1. The fourth-order valence-electron chi connectivity index (χ4n) is 2.15. The zero-order valence-corrected chi connectivity index (χ0v) is 12.3. The van der Waals surface area contributed by atoms with Gasteiger partial charge in [0.25, 0.3) is 0 Å². The highest BCUT2D eigenvalue weighted by atomic mass is 32.2. The van der Waals surface area contributed by atoms with Crippen molar-refractivity contribution >= 4 is 27.5 Å². The third-order valence-electron chi connectivity index (χ3n) is 3.13. The summed E-state index contributed by atoms with van der Waals surface area (Å²) in [5, 5.41) is 0. The van der Waals surface area contributed by atoms with E-state index in [-0.39, 0.29) is 0 Å². The molecule has 1 aliphatic rings. The Balaban J connectivity index is 2.10. The second-order valence-corrected chi connectivity index (χ2v) is 7.15. The van der Waals surface area contributed by atoms with Crippen LogP contribution in [-0.2, 0) is 10.0 Å². The lowest BCUT2D eigenvalue weighted by Crippen LogP contribution is -2.48. The average molecular weight is 286 g/mol. The van der Waals surface area contributed by atoms with Crippen LogP contribution in [0.3, 0.4) is 0 Å². The molecule has 0 unspecified atom stereocenters. The van der Waals surface area contributed by atoms with E-state index in [1.807, 2.05) is 12.1 Å². The summed E-state index contributed by atoms with van der Waals surface area (Å²) in [4.78, 5) is 3.50. The highest BCUT2D eigenvalue weighted by molar-refractivity contribution is 7.98. The number of para-hydroxylation sites is 1. The van der Waals surface area contributed by atoms with Gasteiger partial charge in [-0.2, -0.15) is 4.31 Å². The van der Waals surface area contributed by atoms with E-state index in [9.17, 15) is 8.42 Å². The molecule has 18 heavy (non-hydrogen) atoms. The van der Waals surface area contributed by atoms with Crippen molar-refractivity contribution in [1.29, 1.82) is 0 Å². The van der Waals surface area contributed by atoms with Crippen LogP contribution in [-0.4, -0.2) is 51.4 Å². The molecule has 1 aliphatic heterocycles. The van der Waals surface area contributed by atoms with Crippen LogP contribution < -0.4 is 4.90 Å². The third kappa shape index (κ3) is 2.99. The lowest BCUT2D eigenvalue weighted by Gasteiger charge is -2.35. The van der Waals surface area contributed by atoms with Gasteiger partial charge in [0.05, 0.1) is 11.9 Å². The molecule has 1 aromatic rings. The predicted molar refractivity (Wildman–Crippen MR) is 76.9 cm³/mol. The topological polar surface area (TPSA) is 40.6 Å². The van der Waals surface area contributed by atoms with E-state index >= 15 is 0 Å². The molecule has 0 amide bonds. The van der Waals surface area contributed by atoms with E-state index in [0.29, 0.717) is 13.1 Å². The molecule has 100 valence electrons. The summed E-state index contributed by atoms with van der Waals surface area (Å²) < 4.78 is 24.5. The van der Waals surface area contributed by atoms with Crippen LogP contribution in [0.2, 0.25) is 0 Å². The van der Waals surface area contributed by atoms with E-state index in [1.54, 1.807) is 16.1 Å². The summed E-state index contributed by atoms with van der Waals surface area (Å²) in [6, 6.07) is 8.25. The Kier molecular flexibility index (Phi) is 4.19. The summed E-state index contributed by atoms with van der Waals surface area (Å²) in [6.07, 6.45) is 3.34. The number of hydrogen-bond acceptors (Lipinski definition) is 4. The molecule has 0 atom stereocenters. The fraction of sp³-hybridized carbons (Fsp3) is 0.500. The van der Waals surface area contributed by atoms with Crippen molar-refractivity contribution in [2.45, 2.75) is 4.90 Å². The van der Waals surface area contributed by atoms with Gasteiger partial charge in [-0.25, -0.2) is 8.42 Å². The standard InChI is InChI=1S/C12H18N2O2S2/c1-17-12-6-4-3-5-11(12)13-7-9-14(10-8-13)18(2,15)16/h3-6H,7-10H2,1-2H3. The molecule has 2 rings (SSSR count). The minimum atomic E-state index is -3.05. The van der Waals surface area contributed by atoms with Crippen molar-refractivity contribution in [3.8, 4) is 0 Å². The number of anilines is 1. The first kappa shape index (κ1) is 13.7. The van der Waals surface area contributed by atoms with Gasteiger partial charge in [-0.1, -0.05) is 12.1 Å². The molecule has 0 saturated carbocycles. The maximum Gasteiger partial charge on any atom is 0.211 e. The molecule has 4 nitrogen and oxygen atoms in total. The van der Waals surface area contributed by atoms with Crippen molar-refractivity contribution in [2.24, 2.45) is 0 Å². The highest BCUT2D eigenvalue weighted by Gasteiger charge is 2.24. The Bertz CT molecular complexity index is 509. The average Bonchev–Trinajstić information content (AvgIpc) is 2.38. The molecule has 1 fully saturated rings. The van der Waals surface area contributed by atoms with Gasteiger partial charge in [0.1, 0.15) is 0 Å². The monoisotopic (exact) mass is 286 g/mol. The van der Waals surface area contributed by atoms with Crippen LogP contribution in [0.1, 0.15) is 0 Å². The Hall–Kier alpha value is -0.720. The zero-order chi connectivity index (χ0) is 13.2. The summed E-state index contributed by atoms with van der Waals surface area (Å²) in [5.41, 5.74) is 1.21. The number of nitrogens with zero attached hydrogens (tertiary/aromatic N) is 2. The van der Waals surface area contributed by atoms with Gasteiger partial charge in [0.15, 0.2) is 0 Å². The van der Waals surface area contributed by atoms with E-state index in [1.165, 1.54) is 16.8 Å². The van der Waals surface area contributed by atoms with E-state index in [0.717, 1.165) is 13.1 Å². The SMILES string of the molecule is CSc1ccccc1N1CCN(S(C)(=O)=O)CC1. The van der Waals surface area contributed by atoms with Crippen LogP contribution in [0.4, 0.5) is 5.69 Å². The largest absolute Gasteiger partial charge is 0.368 e. The van der Waals surface area contributed by atoms with Gasteiger partial charge in [0, 0.05) is 31.1 Å². The van der Waals surface area contributed by atoms with Crippen LogP contribution in [0.5, 0.6) is 0 Å². The van der Waals surface area contributed by atoms with Crippen LogP contribution >= 0.6 is 11.8 Å². The molecule has 1 saturated heterocycles. The fourth-order valence-corrected chi connectivity index (χ4v) is 3.60. The summed E-state index contributed by atoms with van der Waals surface area (Å²) >= 11 is 1.72. The van der Waals surface area contributed by atoms with Gasteiger partial charge < -0.3 is 4.90 Å². The number of rotatable bonds is 3. The Morgan fingerprint density at radius 3 is 2.28 bits per heavy atom. The number of hydrogen-bond donors (Lipinski definition) is 0. The molecular formula is C12H18N2O2S2. The minimum Gasteiger partial charge on any atom is -0.368 e. The van der Waals surface area contributed by atoms with Crippen molar-refractivity contribution in [3.05, 3.63) is 24.3 Å². The number of sulfonamides is 1. The molecule has 1 heterocycles. The normalized spacial score (nSPS) is 18.0. The van der Waals surface area contributed by atoms with Gasteiger partial charge in [-0.05, 0) is 18.4 Å². The van der Waals surface area contributed by atoms with Crippen LogP contribution in [0.15, 0.2) is 29.2 Å². The van der Waals surface area contributed by atoms with Gasteiger partial charge in [-0.3, -0.25) is 0 Å². The Morgan fingerprint density at radius 1 is 1.11 bits per heavy atom. The second kappa shape index (κ2) is 5.50. The maximum absolute atomic E-state index is 11.5. The third-order valence-corrected chi connectivity index (χ3v) is 5.22. The van der Waals surface area contributed by atoms with Gasteiger partial charge in [-0.15, -0.1) is 11.8 Å². The molecule has 6 heteroatoms. The van der Waals surface area contributed by atoms with E-state index in [4.69, 9.17) is 0 Å². The van der Waals surface area contributed by atoms with Gasteiger partial charge in [0.2, 0.25) is 10.0 Å². The predicted octanol–water partition coefficient (Wildman–Crippen LogP) is 1.49. The van der Waals surface area contributed by atoms with Crippen molar-refractivity contribution in [3.63, 3.8) is 0 Å². The van der Waals surface area contributed by atoms with Crippen molar-refractivity contribution in [1.82, 2.24) is 4.31 Å². The second-order valence-electron chi connectivity index (χ2n) is 4.32. The smallest absolute Gasteiger partial charge is 0.211 e. The van der Waals surface area contributed by atoms with Crippen molar-refractivity contribution in [2.75, 3.05) is 43.6 Å². The maximum atomic E-state index is 11.5. The lowest BCUT2D eigenvalue weighted by atomic mass is 10.2. The molecule has 0 aromatic heterocycles. The van der Waals surface area contributed by atoms with E-state index < -0.39 is 10.0 Å². The molecule has 1 aromatic carbocycles. The first-order valence-corrected chi connectivity index (χ1v) is 8.93. The lowest BCUT2D eigenvalue weighted by molar-refractivity contribution is 0.387. The van der Waals surface area contributed by atoms with E-state index in [2.05, 4.69) is 23.3 Å². The summed E-state index contributed by atoms with van der Waals surface area (Å²) in [7, 11) is -3.05. The molecule has 0 aliphatic carbocycles. The molecule has 0 radical (unpaired) electrons. The van der Waals surface area contributed by atoms with Crippen molar-refractivity contribution < 1.29 is 8.42 Å². The van der Waals surface area contributed by atoms with Crippen LogP contribution in [0, 0.1) is 0 Å².